The Morgan fingerprint density at radius 3 is 2.40 bits per heavy atom. The Balaban J connectivity index is 2.48. The van der Waals surface area contributed by atoms with E-state index in [1.807, 2.05) is 6.07 Å². The summed E-state index contributed by atoms with van der Waals surface area (Å²) < 4.78 is 5.35. The van der Waals surface area contributed by atoms with Crippen LogP contribution in [0.25, 0.3) is 11.1 Å². The van der Waals surface area contributed by atoms with Crippen LogP contribution < -0.4 is 10.1 Å². The van der Waals surface area contributed by atoms with Gasteiger partial charge >= 0.3 is 0 Å². The summed E-state index contributed by atoms with van der Waals surface area (Å²) in [7, 11) is 1.71. The molecule has 2 rings (SSSR count). The van der Waals surface area contributed by atoms with Crippen molar-refractivity contribution in [2.75, 3.05) is 13.7 Å². The van der Waals surface area contributed by atoms with E-state index in [2.05, 4.69) is 56.4 Å². The van der Waals surface area contributed by atoms with Crippen molar-refractivity contribution in [3.8, 4) is 16.9 Å². The Labute approximate surface area is 121 Å². The van der Waals surface area contributed by atoms with E-state index in [1.165, 1.54) is 27.8 Å². The maximum Gasteiger partial charge on any atom is 0.119 e. The van der Waals surface area contributed by atoms with Crippen LogP contribution in [-0.4, -0.2) is 13.7 Å². The van der Waals surface area contributed by atoms with Crippen molar-refractivity contribution in [1.29, 1.82) is 0 Å². The van der Waals surface area contributed by atoms with E-state index in [1.54, 1.807) is 7.11 Å². The zero-order chi connectivity index (χ0) is 14.5. The molecule has 0 aliphatic heterocycles. The molecule has 2 heteroatoms. The molecule has 0 aliphatic rings. The number of nitrogens with one attached hydrogen (secondary N) is 1. The van der Waals surface area contributed by atoms with Gasteiger partial charge in [-0.15, -0.1) is 0 Å². The molecule has 20 heavy (non-hydrogen) atoms. The number of methoxy groups -OCH3 is 1. The molecule has 0 heterocycles. The number of hydrogen-bond acceptors (Lipinski definition) is 2. The molecular formula is C18H23NO. The first-order valence-corrected chi connectivity index (χ1v) is 7.11. The second-order valence-electron chi connectivity index (χ2n) is 5.12. The highest BCUT2D eigenvalue weighted by atomic mass is 16.5. The van der Waals surface area contributed by atoms with E-state index in [0.717, 1.165) is 18.8 Å². The number of ether oxygens (including phenoxy) is 1. The fourth-order valence-electron chi connectivity index (χ4n) is 2.48. The molecular weight excluding hydrogens is 246 g/mol. The molecule has 0 aromatic heterocycles. The summed E-state index contributed by atoms with van der Waals surface area (Å²) in [5, 5.41) is 3.40. The standard InChI is InChI=1S/C18H23NO/c1-5-19-12-15-11-16(20-4)7-9-18(15)17-8-6-13(2)10-14(17)3/h6-11,19H,5,12H2,1-4H3. The average molecular weight is 269 g/mol. The van der Waals surface area contributed by atoms with Crippen LogP contribution in [0.1, 0.15) is 23.6 Å². The van der Waals surface area contributed by atoms with Crippen molar-refractivity contribution < 1.29 is 4.74 Å². The first-order valence-electron chi connectivity index (χ1n) is 7.11. The van der Waals surface area contributed by atoms with Crippen LogP contribution in [0.3, 0.4) is 0 Å². The monoisotopic (exact) mass is 269 g/mol. The van der Waals surface area contributed by atoms with Crippen LogP contribution in [0.15, 0.2) is 36.4 Å². The summed E-state index contributed by atoms with van der Waals surface area (Å²) in [6, 6.07) is 12.9. The topological polar surface area (TPSA) is 21.3 Å². The van der Waals surface area contributed by atoms with Crippen molar-refractivity contribution in [2.45, 2.75) is 27.3 Å². The van der Waals surface area contributed by atoms with Crippen LogP contribution in [0.4, 0.5) is 0 Å². The smallest absolute Gasteiger partial charge is 0.119 e. The molecule has 0 amide bonds. The summed E-state index contributed by atoms with van der Waals surface area (Å²) in [6.45, 7) is 8.24. The van der Waals surface area contributed by atoms with Crippen molar-refractivity contribution in [2.24, 2.45) is 0 Å². The summed E-state index contributed by atoms with van der Waals surface area (Å²) in [5.41, 5.74) is 6.47. The summed E-state index contributed by atoms with van der Waals surface area (Å²) in [6.07, 6.45) is 0. The van der Waals surface area contributed by atoms with Crippen molar-refractivity contribution in [1.82, 2.24) is 5.32 Å². The number of benzene rings is 2. The molecule has 0 saturated heterocycles. The van der Waals surface area contributed by atoms with Gasteiger partial charge in [0.15, 0.2) is 0 Å². The third-order valence-corrected chi connectivity index (χ3v) is 3.55. The lowest BCUT2D eigenvalue weighted by molar-refractivity contribution is 0.414. The normalized spacial score (nSPS) is 10.6. The minimum absolute atomic E-state index is 0.857. The number of aryl methyl sites for hydroxylation is 2. The molecule has 0 bridgehead atoms. The fraction of sp³-hybridized carbons (Fsp3) is 0.333. The predicted octanol–water partition coefficient (Wildman–Crippen LogP) is 4.09. The quantitative estimate of drug-likeness (QED) is 0.882. The van der Waals surface area contributed by atoms with Gasteiger partial charge in [0.2, 0.25) is 0 Å². The molecule has 2 nitrogen and oxygen atoms in total. The van der Waals surface area contributed by atoms with E-state index in [0.29, 0.717) is 0 Å². The van der Waals surface area contributed by atoms with Crippen LogP contribution in [-0.2, 0) is 6.54 Å². The minimum Gasteiger partial charge on any atom is -0.497 e. The third kappa shape index (κ3) is 3.20. The van der Waals surface area contributed by atoms with E-state index >= 15 is 0 Å². The van der Waals surface area contributed by atoms with E-state index in [9.17, 15) is 0 Å². The SMILES string of the molecule is CCNCc1cc(OC)ccc1-c1ccc(C)cc1C. The van der Waals surface area contributed by atoms with Crippen molar-refractivity contribution in [3.63, 3.8) is 0 Å². The van der Waals surface area contributed by atoms with E-state index in [4.69, 9.17) is 4.74 Å². The van der Waals surface area contributed by atoms with Crippen LogP contribution in [0, 0.1) is 13.8 Å². The largest absolute Gasteiger partial charge is 0.497 e. The zero-order valence-corrected chi connectivity index (χ0v) is 12.8. The van der Waals surface area contributed by atoms with Crippen LogP contribution in [0.2, 0.25) is 0 Å². The molecule has 2 aromatic carbocycles. The Morgan fingerprint density at radius 1 is 1.00 bits per heavy atom. The molecule has 2 aromatic rings. The number of hydrogen-bond donors (Lipinski definition) is 1. The Kier molecular flexibility index (Phi) is 4.80. The Bertz CT molecular complexity index is 590. The molecule has 1 N–H and O–H groups in total. The predicted molar refractivity (Wildman–Crippen MR) is 85.3 cm³/mol. The van der Waals surface area contributed by atoms with Gasteiger partial charge < -0.3 is 10.1 Å². The third-order valence-electron chi connectivity index (χ3n) is 3.55. The van der Waals surface area contributed by atoms with Gasteiger partial charge in [-0.25, -0.2) is 0 Å². The van der Waals surface area contributed by atoms with Crippen LogP contribution >= 0.6 is 0 Å². The zero-order valence-electron chi connectivity index (χ0n) is 12.8. The molecule has 0 unspecified atom stereocenters. The van der Waals surface area contributed by atoms with Gasteiger partial charge in [0.1, 0.15) is 5.75 Å². The minimum atomic E-state index is 0.857. The molecule has 0 radical (unpaired) electrons. The highest BCUT2D eigenvalue weighted by molar-refractivity contribution is 5.71. The Morgan fingerprint density at radius 2 is 1.75 bits per heavy atom. The molecule has 0 spiro atoms. The molecule has 0 fully saturated rings. The van der Waals surface area contributed by atoms with Gasteiger partial charge in [-0.05, 0) is 54.8 Å². The molecule has 106 valence electrons. The highest BCUT2D eigenvalue weighted by Gasteiger charge is 2.09. The maximum atomic E-state index is 5.35. The highest BCUT2D eigenvalue weighted by Crippen LogP contribution is 2.30. The maximum absolute atomic E-state index is 5.35. The summed E-state index contributed by atoms with van der Waals surface area (Å²) >= 11 is 0. The van der Waals surface area contributed by atoms with Gasteiger partial charge in [-0.3, -0.25) is 0 Å². The average Bonchev–Trinajstić information content (AvgIpc) is 2.45. The number of rotatable bonds is 5. The van der Waals surface area contributed by atoms with Gasteiger partial charge in [0.25, 0.3) is 0 Å². The van der Waals surface area contributed by atoms with Crippen molar-refractivity contribution in [3.05, 3.63) is 53.1 Å². The lowest BCUT2D eigenvalue weighted by Crippen LogP contribution is -2.12. The molecule has 0 saturated carbocycles. The lowest BCUT2D eigenvalue weighted by Gasteiger charge is -2.14. The van der Waals surface area contributed by atoms with Gasteiger partial charge in [-0.2, -0.15) is 0 Å². The molecule has 0 aliphatic carbocycles. The van der Waals surface area contributed by atoms with E-state index in [-0.39, 0.29) is 0 Å². The van der Waals surface area contributed by atoms with Gasteiger partial charge in [0.05, 0.1) is 7.11 Å². The first kappa shape index (κ1) is 14.6. The second kappa shape index (κ2) is 6.58. The van der Waals surface area contributed by atoms with Crippen LogP contribution in [0.5, 0.6) is 5.75 Å². The van der Waals surface area contributed by atoms with Crippen molar-refractivity contribution >= 4 is 0 Å². The van der Waals surface area contributed by atoms with E-state index < -0.39 is 0 Å². The fourth-order valence-corrected chi connectivity index (χ4v) is 2.48. The lowest BCUT2D eigenvalue weighted by atomic mass is 9.94. The summed E-state index contributed by atoms with van der Waals surface area (Å²) in [4.78, 5) is 0. The van der Waals surface area contributed by atoms with Gasteiger partial charge in [-0.1, -0.05) is 36.8 Å². The molecule has 0 atom stereocenters. The Hall–Kier alpha value is -1.80. The first-order chi connectivity index (χ1) is 9.65. The summed E-state index contributed by atoms with van der Waals surface area (Å²) in [5.74, 6) is 0.909. The second-order valence-corrected chi connectivity index (χ2v) is 5.12. The van der Waals surface area contributed by atoms with Gasteiger partial charge in [0, 0.05) is 6.54 Å².